The molecule has 0 heterocycles. The van der Waals surface area contributed by atoms with Crippen molar-refractivity contribution < 1.29 is 9.53 Å². The second kappa shape index (κ2) is 6.83. The van der Waals surface area contributed by atoms with Gasteiger partial charge in [-0.15, -0.1) is 0 Å². The summed E-state index contributed by atoms with van der Waals surface area (Å²) >= 11 is 3.46. The van der Waals surface area contributed by atoms with E-state index >= 15 is 0 Å². The van der Waals surface area contributed by atoms with E-state index in [1.807, 2.05) is 39.0 Å². The van der Waals surface area contributed by atoms with Crippen molar-refractivity contribution >= 4 is 33.2 Å². The molecule has 2 aromatic rings. The minimum absolute atomic E-state index is 0.0588. The van der Waals surface area contributed by atoms with Gasteiger partial charge >= 0.3 is 0 Å². The third-order valence-electron chi connectivity index (χ3n) is 3.26. The Morgan fingerprint density at radius 1 is 1.18 bits per heavy atom. The molecule has 0 aliphatic carbocycles. The second-order valence-electron chi connectivity index (χ2n) is 5.30. The van der Waals surface area contributed by atoms with Crippen LogP contribution in [0.15, 0.2) is 34.8 Å². The monoisotopic (exact) mass is 362 g/mol. The number of benzene rings is 2. The van der Waals surface area contributed by atoms with Crippen molar-refractivity contribution in [2.45, 2.75) is 20.8 Å². The Hall–Kier alpha value is -2.01. The quantitative estimate of drug-likeness (QED) is 0.808. The first-order valence-corrected chi connectivity index (χ1v) is 7.71. The number of aryl methyl sites for hydroxylation is 3. The number of rotatable bonds is 4. The Labute approximate surface area is 138 Å². The number of amides is 1. The molecule has 0 radical (unpaired) electrons. The summed E-state index contributed by atoms with van der Waals surface area (Å²) in [5, 5.41) is 2.81. The maximum atomic E-state index is 12.0. The summed E-state index contributed by atoms with van der Waals surface area (Å²) in [7, 11) is 0. The van der Waals surface area contributed by atoms with Crippen molar-refractivity contribution in [1.29, 1.82) is 0 Å². The van der Waals surface area contributed by atoms with Crippen molar-refractivity contribution in [3.05, 3.63) is 51.5 Å². The van der Waals surface area contributed by atoms with E-state index < -0.39 is 0 Å². The maximum Gasteiger partial charge on any atom is 0.262 e. The van der Waals surface area contributed by atoms with E-state index in [9.17, 15) is 4.79 Å². The van der Waals surface area contributed by atoms with Gasteiger partial charge in [-0.25, -0.2) is 0 Å². The first kappa shape index (κ1) is 16.4. The molecule has 2 rings (SSSR count). The van der Waals surface area contributed by atoms with Gasteiger partial charge in [0.2, 0.25) is 0 Å². The molecule has 116 valence electrons. The van der Waals surface area contributed by atoms with E-state index in [1.54, 1.807) is 12.1 Å². The molecular formula is C17H19BrN2O2. The summed E-state index contributed by atoms with van der Waals surface area (Å²) in [5.41, 5.74) is 10.1. The molecule has 0 aliphatic rings. The minimum Gasteiger partial charge on any atom is -0.482 e. The Bertz CT molecular complexity index is 691. The molecule has 0 aromatic heterocycles. The average Bonchev–Trinajstić information content (AvgIpc) is 2.41. The Balaban J connectivity index is 2.03. The highest BCUT2D eigenvalue weighted by molar-refractivity contribution is 9.10. The number of ether oxygens (including phenoxy) is 1. The largest absolute Gasteiger partial charge is 0.482 e. The number of anilines is 2. The third-order valence-corrected chi connectivity index (χ3v) is 3.85. The molecule has 0 fully saturated rings. The van der Waals surface area contributed by atoms with E-state index in [-0.39, 0.29) is 12.5 Å². The van der Waals surface area contributed by atoms with Crippen LogP contribution >= 0.6 is 15.9 Å². The smallest absolute Gasteiger partial charge is 0.262 e. The van der Waals surface area contributed by atoms with Gasteiger partial charge < -0.3 is 15.8 Å². The minimum atomic E-state index is -0.222. The summed E-state index contributed by atoms with van der Waals surface area (Å²) in [6.45, 7) is 5.82. The van der Waals surface area contributed by atoms with E-state index in [0.717, 1.165) is 21.2 Å². The zero-order valence-electron chi connectivity index (χ0n) is 12.9. The van der Waals surface area contributed by atoms with Crippen LogP contribution in [-0.4, -0.2) is 12.5 Å². The molecule has 22 heavy (non-hydrogen) atoms. The van der Waals surface area contributed by atoms with Crippen LogP contribution in [0.1, 0.15) is 16.7 Å². The van der Waals surface area contributed by atoms with Crippen LogP contribution in [0, 0.1) is 20.8 Å². The van der Waals surface area contributed by atoms with E-state index in [0.29, 0.717) is 17.1 Å². The lowest BCUT2D eigenvalue weighted by atomic mass is 10.1. The molecule has 1 amide bonds. The fourth-order valence-electron chi connectivity index (χ4n) is 2.18. The predicted molar refractivity (Wildman–Crippen MR) is 93.3 cm³/mol. The van der Waals surface area contributed by atoms with Crippen molar-refractivity contribution in [2.24, 2.45) is 0 Å². The van der Waals surface area contributed by atoms with Gasteiger partial charge in [-0.1, -0.05) is 12.1 Å². The molecule has 4 nitrogen and oxygen atoms in total. The number of hydrogen-bond acceptors (Lipinski definition) is 3. The first-order chi connectivity index (χ1) is 10.4. The molecule has 2 aromatic carbocycles. The van der Waals surface area contributed by atoms with Gasteiger partial charge in [0.1, 0.15) is 5.75 Å². The fraction of sp³-hybridized carbons (Fsp3) is 0.235. The third kappa shape index (κ3) is 4.01. The standard InChI is InChI=1S/C17H19BrN2O2/c1-10-6-12(3)17(14(18)7-10)22-9-16(21)20-15-8-13(19)5-4-11(15)2/h4-8H,9,19H2,1-3H3,(H,20,21). The molecular weight excluding hydrogens is 344 g/mol. The maximum absolute atomic E-state index is 12.0. The summed E-state index contributed by atoms with van der Waals surface area (Å²) in [5.74, 6) is 0.464. The molecule has 0 spiro atoms. The van der Waals surface area contributed by atoms with Gasteiger partial charge in [0.15, 0.2) is 6.61 Å². The Kier molecular flexibility index (Phi) is 5.08. The highest BCUT2D eigenvalue weighted by atomic mass is 79.9. The molecule has 0 unspecified atom stereocenters. The Morgan fingerprint density at radius 2 is 1.91 bits per heavy atom. The van der Waals surface area contributed by atoms with E-state index in [2.05, 4.69) is 21.2 Å². The van der Waals surface area contributed by atoms with Gasteiger partial charge in [-0.05, 0) is 71.6 Å². The van der Waals surface area contributed by atoms with Crippen LogP contribution in [0.4, 0.5) is 11.4 Å². The lowest BCUT2D eigenvalue weighted by Gasteiger charge is -2.13. The number of nitrogens with two attached hydrogens (primary N) is 1. The summed E-state index contributed by atoms with van der Waals surface area (Å²) in [6.07, 6.45) is 0. The van der Waals surface area contributed by atoms with Crippen LogP contribution in [0.2, 0.25) is 0 Å². The number of nitrogen functional groups attached to an aromatic ring is 1. The van der Waals surface area contributed by atoms with Crippen molar-refractivity contribution in [3.63, 3.8) is 0 Å². The molecule has 0 saturated carbocycles. The normalized spacial score (nSPS) is 10.4. The van der Waals surface area contributed by atoms with Gasteiger partial charge in [0, 0.05) is 11.4 Å². The zero-order chi connectivity index (χ0) is 16.3. The van der Waals surface area contributed by atoms with E-state index in [1.165, 1.54) is 0 Å². The molecule has 0 aliphatic heterocycles. The molecule has 0 bridgehead atoms. The van der Waals surface area contributed by atoms with Crippen LogP contribution in [0.5, 0.6) is 5.75 Å². The van der Waals surface area contributed by atoms with Crippen LogP contribution in [0.3, 0.4) is 0 Å². The number of hydrogen-bond donors (Lipinski definition) is 2. The number of halogens is 1. The molecule has 3 N–H and O–H groups in total. The van der Waals surface area contributed by atoms with Gasteiger partial charge in [0.25, 0.3) is 5.91 Å². The second-order valence-corrected chi connectivity index (χ2v) is 6.16. The van der Waals surface area contributed by atoms with Crippen molar-refractivity contribution in [3.8, 4) is 5.75 Å². The van der Waals surface area contributed by atoms with Crippen LogP contribution in [-0.2, 0) is 4.79 Å². The number of carbonyl (C=O) groups excluding carboxylic acids is 1. The fourth-order valence-corrected chi connectivity index (χ4v) is 2.97. The zero-order valence-corrected chi connectivity index (χ0v) is 14.5. The number of nitrogens with one attached hydrogen (secondary N) is 1. The number of carbonyl (C=O) groups is 1. The first-order valence-electron chi connectivity index (χ1n) is 6.92. The lowest BCUT2D eigenvalue weighted by molar-refractivity contribution is -0.118. The van der Waals surface area contributed by atoms with Crippen LogP contribution in [0.25, 0.3) is 0 Å². The highest BCUT2D eigenvalue weighted by Crippen LogP contribution is 2.30. The van der Waals surface area contributed by atoms with Crippen LogP contribution < -0.4 is 15.8 Å². The Morgan fingerprint density at radius 3 is 2.59 bits per heavy atom. The summed E-state index contributed by atoms with van der Waals surface area (Å²) in [6, 6.07) is 9.38. The molecule has 0 atom stereocenters. The average molecular weight is 363 g/mol. The van der Waals surface area contributed by atoms with Gasteiger partial charge in [-0.3, -0.25) is 4.79 Å². The summed E-state index contributed by atoms with van der Waals surface area (Å²) in [4.78, 5) is 12.0. The van der Waals surface area contributed by atoms with E-state index in [4.69, 9.17) is 10.5 Å². The highest BCUT2D eigenvalue weighted by Gasteiger charge is 2.10. The SMILES string of the molecule is Cc1cc(C)c(OCC(=O)Nc2cc(N)ccc2C)c(Br)c1. The predicted octanol–water partition coefficient (Wildman–Crippen LogP) is 3.97. The molecule has 5 heteroatoms. The molecule has 0 saturated heterocycles. The van der Waals surface area contributed by atoms with Crippen molar-refractivity contribution in [2.75, 3.05) is 17.7 Å². The van der Waals surface area contributed by atoms with Crippen molar-refractivity contribution in [1.82, 2.24) is 0 Å². The van der Waals surface area contributed by atoms with Gasteiger partial charge in [0.05, 0.1) is 4.47 Å². The summed E-state index contributed by atoms with van der Waals surface area (Å²) < 4.78 is 6.48. The lowest BCUT2D eigenvalue weighted by Crippen LogP contribution is -2.21. The topological polar surface area (TPSA) is 64.3 Å². The van der Waals surface area contributed by atoms with Gasteiger partial charge in [-0.2, -0.15) is 0 Å².